The van der Waals surface area contributed by atoms with E-state index in [4.69, 9.17) is 10.5 Å². The maximum Gasteiger partial charge on any atom is 0.435 e. The van der Waals surface area contributed by atoms with E-state index < -0.39 is 47.8 Å². The van der Waals surface area contributed by atoms with E-state index in [9.17, 15) is 31.1 Å². The second-order valence-electron chi connectivity index (χ2n) is 10.6. The number of halogens is 6. The van der Waals surface area contributed by atoms with Crippen LogP contribution in [-0.4, -0.2) is 51.9 Å². The van der Waals surface area contributed by atoms with E-state index in [1.54, 1.807) is 12.1 Å². The molecule has 0 spiro atoms. The van der Waals surface area contributed by atoms with Gasteiger partial charge in [-0.25, -0.2) is 13.2 Å². The van der Waals surface area contributed by atoms with Gasteiger partial charge in [0, 0.05) is 61.3 Å². The molecule has 1 unspecified atom stereocenters. The Morgan fingerprint density at radius 3 is 2.44 bits per heavy atom. The molecule has 238 valence electrons. The summed E-state index contributed by atoms with van der Waals surface area (Å²) in [6.07, 6.45) is -2.22. The van der Waals surface area contributed by atoms with Crippen molar-refractivity contribution in [3.63, 3.8) is 0 Å². The Labute approximate surface area is 254 Å². The predicted molar refractivity (Wildman–Crippen MR) is 152 cm³/mol. The molecule has 1 atom stereocenters. The van der Waals surface area contributed by atoms with Gasteiger partial charge in [0.15, 0.2) is 5.69 Å². The third kappa shape index (κ3) is 8.07. The molecule has 3 heterocycles. The molecule has 1 aliphatic rings. The topological polar surface area (TPSA) is 98.3 Å². The van der Waals surface area contributed by atoms with Crippen molar-refractivity contribution in [1.29, 1.82) is 0 Å². The lowest BCUT2D eigenvalue weighted by Gasteiger charge is -2.26. The van der Waals surface area contributed by atoms with Crippen molar-refractivity contribution in [2.75, 3.05) is 26.3 Å². The van der Waals surface area contributed by atoms with Crippen molar-refractivity contribution >= 4 is 5.91 Å². The Bertz CT molecular complexity index is 1630. The number of ether oxygens (including phenoxy) is 1. The molecule has 0 saturated carbocycles. The molecule has 2 aromatic heterocycles. The Balaban J connectivity index is 1.45. The van der Waals surface area contributed by atoms with E-state index in [1.165, 1.54) is 30.6 Å². The zero-order valence-corrected chi connectivity index (χ0v) is 24.0. The Hall–Kier alpha value is -4.27. The molecule has 3 N–H and O–H groups in total. The van der Waals surface area contributed by atoms with Crippen LogP contribution in [0, 0.1) is 17.5 Å². The molecule has 1 fully saturated rings. The molecule has 5 rings (SSSR count). The smallest absolute Gasteiger partial charge is 0.379 e. The largest absolute Gasteiger partial charge is 0.435 e. The van der Waals surface area contributed by atoms with Crippen molar-refractivity contribution in [2.24, 2.45) is 5.73 Å². The Morgan fingerprint density at radius 2 is 1.76 bits per heavy atom. The molecule has 4 aromatic rings. The number of aromatic nitrogens is 3. The van der Waals surface area contributed by atoms with Gasteiger partial charge in [-0.1, -0.05) is 12.1 Å². The highest BCUT2D eigenvalue weighted by Gasteiger charge is 2.38. The van der Waals surface area contributed by atoms with Gasteiger partial charge in [0.05, 0.1) is 24.9 Å². The molecule has 0 bridgehead atoms. The second-order valence-corrected chi connectivity index (χ2v) is 10.6. The normalized spacial score (nSPS) is 14.8. The highest BCUT2D eigenvalue weighted by molar-refractivity contribution is 5.77. The summed E-state index contributed by atoms with van der Waals surface area (Å²) in [4.78, 5) is 19.6. The number of amides is 1. The van der Waals surface area contributed by atoms with Crippen molar-refractivity contribution in [3.8, 4) is 11.1 Å². The Morgan fingerprint density at radius 1 is 1.02 bits per heavy atom. The van der Waals surface area contributed by atoms with Gasteiger partial charge in [-0.2, -0.15) is 18.3 Å². The first-order chi connectivity index (χ1) is 21.5. The molecular formula is C31H30F6N6O2. The molecule has 0 aliphatic carbocycles. The summed E-state index contributed by atoms with van der Waals surface area (Å²) in [5.74, 6) is -2.88. The highest BCUT2D eigenvalue weighted by atomic mass is 19.4. The third-order valence-electron chi connectivity index (χ3n) is 7.35. The monoisotopic (exact) mass is 632 g/mol. The van der Waals surface area contributed by atoms with Gasteiger partial charge < -0.3 is 15.8 Å². The van der Waals surface area contributed by atoms with Gasteiger partial charge in [0.2, 0.25) is 5.91 Å². The van der Waals surface area contributed by atoms with Crippen molar-refractivity contribution < 1.29 is 35.9 Å². The van der Waals surface area contributed by atoms with Gasteiger partial charge in [0.25, 0.3) is 0 Å². The minimum atomic E-state index is -4.74. The summed E-state index contributed by atoms with van der Waals surface area (Å²) in [5.41, 5.74) is 6.25. The van der Waals surface area contributed by atoms with Crippen molar-refractivity contribution in [2.45, 2.75) is 38.3 Å². The number of nitrogens with two attached hydrogens (primary N) is 1. The number of alkyl halides is 3. The lowest BCUT2D eigenvalue weighted by molar-refractivity contribution is -0.142. The molecule has 14 heteroatoms. The SMILES string of the molecule is NCc1cc(-c2cccnc2C(Cc2cc(F)cc(F)c2)NC(=O)Cn2cc(CN3CCOCC3)c(C(F)(F)F)n2)ccc1F. The summed E-state index contributed by atoms with van der Waals surface area (Å²) in [6, 6.07) is 9.53. The van der Waals surface area contributed by atoms with Crippen LogP contribution < -0.4 is 11.1 Å². The van der Waals surface area contributed by atoms with Gasteiger partial charge in [-0.3, -0.25) is 19.4 Å². The number of hydrogen-bond donors (Lipinski definition) is 2. The molecule has 8 nitrogen and oxygen atoms in total. The third-order valence-corrected chi connectivity index (χ3v) is 7.35. The van der Waals surface area contributed by atoms with E-state index in [-0.39, 0.29) is 41.9 Å². The first kappa shape index (κ1) is 32.1. The molecule has 1 amide bonds. The van der Waals surface area contributed by atoms with Crippen LogP contribution in [0.3, 0.4) is 0 Å². The van der Waals surface area contributed by atoms with E-state index in [2.05, 4.69) is 15.4 Å². The summed E-state index contributed by atoms with van der Waals surface area (Å²) < 4.78 is 90.2. The minimum Gasteiger partial charge on any atom is -0.379 e. The fourth-order valence-electron chi connectivity index (χ4n) is 5.30. The number of benzene rings is 2. The Kier molecular flexibility index (Phi) is 9.85. The van der Waals surface area contributed by atoms with Crippen LogP contribution in [0.4, 0.5) is 26.3 Å². The molecule has 45 heavy (non-hydrogen) atoms. The first-order valence-electron chi connectivity index (χ1n) is 14.1. The summed E-state index contributed by atoms with van der Waals surface area (Å²) in [6.45, 7) is 1.04. The number of carbonyl (C=O) groups excluding carboxylic acids is 1. The van der Waals surface area contributed by atoms with E-state index in [0.717, 1.165) is 16.8 Å². The maximum absolute atomic E-state index is 14.2. The van der Waals surface area contributed by atoms with Crippen molar-refractivity contribution in [3.05, 3.63) is 106 Å². The quantitative estimate of drug-likeness (QED) is 0.245. The summed E-state index contributed by atoms with van der Waals surface area (Å²) in [7, 11) is 0. The number of hydrogen-bond acceptors (Lipinski definition) is 6. The highest BCUT2D eigenvalue weighted by Crippen LogP contribution is 2.32. The van der Waals surface area contributed by atoms with Crippen LogP contribution in [0.5, 0.6) is 0 Å². The first-order valence-corrected chi connectivity index (χ1v) is 14.1. The number of nitrogens with one attached hydrogen (secondary N) is 1. The lowest BCUT2D eigenvalue weighted by atomic mass is 9.94. The van der Waals surface area contributed by atoms with E-state index in [1.807, 2.05) is 4.90 Å². The number of nitrogens with zero attached hydrogens (tertiary/aromatic N) is 4. The van der Waals surface area contributed by atoms with Crippen molar-refractivity contribution in [1.82, 2.24) is 25.0 Å². The van der Waals surface area contributed by atoms with Crippen LogP contribution in [0.25, 0.3) is 11.1 Å². The molecular weight excluding hydrogens is 602 g/mol. The molecule has 1 saturated heterocycles. The molecule has 0 radical (unpaired) electrons. The minimum absolute atomic E-state index is 0.0205. The molecule has 1 aliphatic heterocycles. The zero-order chi connectivity index (χ0) is 32.1. The van der Waals surface area contributed by atoms with Gasteiger partial charge in [0.1, 0.15) is 24.0 Å². The van der Waals surface area contributed by atoms with Gasteiger partial charge >= 0.3 is 6.18 Å². The summed E-state index contributed by atoms with van der Waals surface area (Å²) in [5, 5.41) is 6.43. The van der Waals surface area contributed by atoms with Gasteiger partial charge in [-0.05, 0) is 47.9 Å². The maximum atomic E-state index is 14.2. The number of carbonyl (C=O) groups is 1. The average Bonchev–Trinajstić information content (AvgIpc) is 3.39. The fourth-order valence-corrected chi connectivity index (χ4v) is 5.30. The van der Waals surface area contributed by atoms with Gasteiger partial charge in [-0.15, -0.1) is 0 Å². The van der Waals surface area contributed by atoms with E-state index in [0.29, 0.717) is 43.5 Å². The van der Waals surface area contributed by atoms with Crippen LogP contribution in [0.2, 0.25) is 0 Å². The van der Waals surface area contributed by atoms with Crippen LogP contribution in [0.15, 0.2) is 60.9 Å². The lowest BCUT2D eigenvalue weighted by Crippen LogP contribution is -2.36. The standard InChI is InChI=1S/C31H30F6N6O2/c32-23-10-19(11-24(33)14-23)12-27(29-25(2-1-5-39-29)20-3-4-26(34)21(13-20)15-38)40-28(44)18-43-17-22(30(41-43)31(35,36)37)16-42-6-8-45-9-7-42/h1-5,10-11,13-14,17,27H,6-9,12,15-16,18,38H2,(H,40,44). The van der Waals surface area contributed by atoms with E-state index >= 15 is 0 Å². The average molecular weight is 633 g/mol. The predicted octanol–water partition coefficient (Wildman–Crippen LogP) is 4.77. The van der Waals surface area contributed by atoms with Crippen LogP contribution >= 0.6 is 0 Å². The zero-order valence-electron chi connectivity index (χ0n) is 24.0. The summed E-state index contributed by atoms with van der Waals surface area (Å²) >= 11 is 0. The fraction of sp³-hybridized carbons (Fsp3) is 0.323. The van der Waals surface area contributed by atoms with Crippen LogP contribution in [-0.2, 0) is 41.8 Å². The number of morpholine rings is 1. The number of pyridine rings is 1. The molecule has 2 aromatic carbocycles. The second kappa shape index (κ2) is 13.8. The van der Waals surface area contributed by atoms with Crippen LogP contribution in [0.1, 0.15) is 34.1 Å². The number of rotatable bonds is 10.